The number of amides is 1. The molecular weight excluding hydrogens is 206 g/mol. The van der Waals surface area contributed by atoms with Gasteiger partial charge in [-0.05, 0) is 43.0 Å². The van der Waals surface area contributed by atoms with Crippen molar-refractivity contribution >= 4 is 5.91 Å². The number of ether oxygens (including phenoxy) is 1. The van der Waals surface area contributed by atoms with Crippen molar-refractivity contribution in [3.8, 4) is 5.75 Å². The molecule has 1 fully saturated rings. The number of hydrogen-bond donors (Lipinski definition) is 1. The summed E-state index contributed by atoms with van der Waals surface area (Å²) >= 11 is 0. The maximum atomic E-state index is 11.4. The average molecular weight is 221 g/mol. The summed E-state index contributed by atoms with van der Waals surface area (Å²) in [5, 5.41) is 0. The molecule has 4 heteroatoms. The minimum absolute atomic E-state index is 0.253. The maximum Gasteiger partial charge on any atom is 0.274 e. The number of rotatable bonds is 5. The van der Waals surface area contributed by atoms with E-state index in [0.29, 0.717) is 5.56 Å². The molecule has 1 aromatic rings. The number of carbonyl (C=O) groups is 1. The van der Waals surface area contributed by atoms with Crippen LogP contribution in [0, 0.1) is 5.92 Å². The Bertz CT molecular complexity index is 357. The lowest BCUT2D eigenvalue weighted by atomic mass is 10.2. The monoisotopic (exact) mass is 221 g/mol. The van der Waals surface area contributed by atoms with Crippen LogP contribution in [0.5, 0.6) is 5.75 Å². The van der Waals surface area contributed by atoms with E-state index in [1.54, 1.807) is 24.3 Å². The predicted octanol–water partition coefficient (Wildman–Crippen LogP) is 1.77. The minimum atomic E-state index is -0.253. The SMILES string of the molecule is CONC(=O)c1ccc(OCC2CC2)cc1. The van der Waals surface area contributed by atoms with Crippen LogP contribution in [0.1, 0.15) is 23.2 Å². The lowest BCUT2D eigenvalue weighted by Crippen LogP contribution is -2.21. The zero-order valence-corrected chi connectivity index (χ0v) is 9.23. The number of hydrogen-bond acceptors (Lipinski definition) is 3. The first kappa shape index (κ1) is 11.0. The normalized spacial score (nSPS) is 14.6. The van der Waals surface area contributed by atoms with Crippen molar-refractivity contribution in [2.24, 2.45) is 5.92 Å². The molecule has 1 aliphatic rings. The summed E-state index contributed by atoms with van der Waals surface area (Å²) < 4.78 is 5.56. The van der Waals surface area contributed by atoms with Gasteiger partial charge in [-0.25, -0.2) is 5.48 Å². The Morgan fingerprint density at radius 1 is 1.38 bits per heavy atom. The van der Waals surface area contributed by atoms with Gasteiger partial charge in [0.05, 0.1) is 13.7 Å². The van der Waals surface area contributed by atoms with E-state index in [4.69, 9.17) is 4.74 Å². The largest absolute Gasteiger partial charge is 0.493 e. The molecule has 1 saturated carbocycles. The Labute approximate surface area is 94.5 Å². The first-order valence-electron chi connectivity index (χ1n) is 5.36. The smallest absolute Gasteiger partial charge is 0.274 e. The lowest BCUT2D eigenvalue weighted by molar-refractivity contribution is 0.0537. The molecular formula is C12H15NO3. The third-order valence-corrected chi connectivity index (χ3v) is 2.49. The van der Waals surface area contributed by atoms with Gasteiger partial charge in [-0.1, -0.05) is 0 Å². The van der Waals surface area contributed by atoms with Gasteiger partial charge < -0.3 is 4.74 Å². The Hall–Kier alpha value is -1.55. The van der Waals surface area contributed by atoms with E-state index in [2.05, 4.69) is 10.3 Å². The second kappa shape index (κ2) is 4.99. The van der Waals surface area contributed by atoms with Crippen molar-refractivity contribution in [1.82, 2.24) is 5.48 Å². The van der Waals surface area contributed by atoms with Gasteiger partial charge in [-0.15, -0.1) is 0 Å². The maximum absolute atomic E-state index is 11.4. The molecule has 0 heterocycles. The van der Waals surface area contributed by atoms with Crippen molar-refractivity contribution in [3.63, 3.8) is 0 Å². The summed E-state index contributed by atoms with van der Waals surface area (Å²) in [4.78, 5) is 15.9. The Morgan fingerprint density at radius 3 is 2.62 bits per heavy atom. The molecule has 0 atom stereocenters. The lowest BCUT2D eigenvalue weighted by Gasteiger charge is -2.06. The van der Waals surface area contributed by atoms with Crippen molar-refractivity contribution in [1.29, 1.82) is 0 Å². The fraction of sp³-hybridized carbons (Fsp3) is 0.417. The minimum Gasteiger partial charge on any atom is -0.493 e. The molecule has 0 aliphatic heterocycles. The summed E-state index contributed by atoms with van der Waals surface area (Å²) in [7, 11) is 1.41. The van der Waals surface area contributed by atoms with Crippen LogP contribution >= 0.6 is 0 Å². The molecule has 0 bridgehead atoms. The molecule has 0 radical (unpaired) electrons. The first-order valence-corrected chi connectivity index (χ1v) is 5.36. The van der Waals surface area contributed by atoms with Gasteiger partial charge in [-0.3, -0.25) is 9.63 Å². The van der Waals surface area contributed by atoms with Gasteiger partial charge in [0, 0.05) is 5.56 Å². The molecule has 2 rings (SSSR count). The van der Waals surface area contributed by atoms with E-state index in [1.165, 1.54) is 20.0 Å². The number of hydroxylamine groups is 1. The van der Waals surface area contributed by atoms with Crippen molar-refractivity contribution in [2.75, 3.05) is 13.7 Å². The summed E-state index contributed by atoms with van der Waals surface area (Å²) in [6, 6.07) is 7.03. The van der Waals surface area contributed by atoms with Crippen LogP contribution in [-0.2, 0) is 4.84 Å². The van der Waals surface area contributed by atoms with Crippen molar-refractivity contribution in [3.05, 3.63) is 29.8 Å². The molecule has 4 nitrogen and oxygen atoms in total. The third-order valence-electron chi connectivity index (χ3n) is 2.49. The van der Waals surface area contributed by atoms with E-state index >= 15 is 0 Å². The van der Waals surface area contributed by atoms with Gasteiger partial charge in [-0.2, -0.15) is 0 Å². The molecule has 0 aromatic heterocycles. The summed E-state index contributed by atoms with van der Waals surface area (Å²) in [6.07, 6.45) is 2.54. The van der Waals surface area contributed by atoms with E-state index in [1.807, 2.05) is 0 Å². The molecule has 0 unspecified atom stereocenters. The van der Waals surface area contributed by atoms with Crippen LogP contribution in [0.15, 0.2) is 24.3 Å². The van der Waals surface area contributed by atoms with E-state index in [-0.39, 0.29) is 5.91 Å². The average Bonchev–Trinajstić information content (AvgIpc) is 3.11. The quantitative estimate of drug-likeness (QED) is 0.771. The Morgan fingerprint density at radius 2 is 2.06 bits per heavy atom. The summed E-state index contributed by atoms with van der Waals surface area (Å²) in [5.74, 6) is 1.29. The molecule has 0 spiro atoms. The summed E-state index contributed by atoms with van der Waals surface area (Å²) in [6.45, 7) is 0.781. The fourth-order valence-electron chi connectivity index (χ4n) is 1.35. The fourth-order valence-corrected chi connectivity index (χ4v) is 1.35. The van der Waals surface area contributed by atoms with Gasteiger partial charge >= 0.3 is 0 Å². The zero-order chi connectivity index (χ0) is 11.4. The zero-order valence-electron chi connectivity index (χ0n) is 9.23. The van der Waals surface area contributed by atoms with Gasteiger partial charge in [0.25, 0.3) is 5.91 Å². The molecule has 86 valence electrons. The second-order valence-corrected chi connectivity index (χ2v) is 3.91. The number of nitrogens with one attached hydrogen (secondary N) is 1. The van der Waals surface area contributed by atoms with E-state index in [0.717, 1.165) is 18.3 Å². The highest BCUT2D eigenvalue weighted by Gasteiger charge is 2.21. The van der Waals surface area contributed by atoms with Crippen LogP contribution in [0.25, 0.3) is 0 Å². The van der Waals surface area contributed by atoms with Gasteiger partial charge in [0.1, 0.15) is 5.75 Å². The third kappa shape index (κ3) is 2.97. The van der Waals surface area contributed by atoms with Crippen LogP contribution < -0.4 is 10.2 Å². The second-order valence-electron chi connectivity index (χ2n) is 3.91. The van der Waals surface area contributed by atoms with Crippen LogP contribution in [0.2, 0.25) is 0 Å². The van der Waals surface area contributed by atoms with E-state index < -0.39 is 0 Å². The summed E-state index contributed by atoms with van der Waals surface area (Å²) in [5.41, 5.74) is 2.82. The highest BCUT2D eigenvalue weighted by Crippen LogP contribution is 2.29. The van der Waals surface area contributed by atoms with Crippen molar-refractivity contribution in [2.45, 2.75) is 12.8 Å². The van der Waals surface area contributed by atoms with Crippen molar-refractivity contribution < 1.29 is 14.4 Å². The highest BCUT2D eigenvalue weighted by atomic mass is 16.6. The molecule has 0 saturated heterocycles. The molecule has 1 amide bonds. The van der Waals surface area contributed by atoms with E-state index in [9.17, 15) is 4.79 Å². The molecule has 1 aliphatic carbocycles. The van der Waals surface area contributed by atoms with Gasteiger partial charge in [0.2, 0.25) is 0 Å². The molecule has 1 aromatic carbocycles. The van der Waals surface area contributed by atoms with Gasteiger partial charge in [0.15, 0.2) is 0 Å². The topological polar surface area (TPSA) is 47.6 Å². The van der Waals surface area contributed by atoms with Crippen LogP contribution in [0.3, 0.4) is 0 Å². The number of carbonyl (C=O) groups excluding carboxylic acids is 1. The first-order chi connectivity index (χ1) is 7.79. The highest BCUT2D eigenvalue weighted by molar-refractivity contribution is 5.93. The Balaban J connectivity index is 1.89. The predicted molar refractivity (Wildman–Crippen MR) is 59.1 cm³/mol. The number of benzene rings is 1. The molecule has 1 N–H and O–H groups in total. The standard InChI is InChI=1S/C12H15NO3/c1-15-13-12(14)10-4-6-11(7-5-10)16-8-9-2-3-9/h4-7,9H,2-3,8H2,1H3,(H,13,14). The molecule has 16 heavy (non-hydrogen) atoms. The van der Waals surface area contributed by atoms with Crippen LogP contribution in [-0.4, -0.2) is 19.6 Å². The van der Waals surface area contributed by atoms with Crippen LogP contribution in [0.4, 0.5) is 0 Å². The Kier molecular flexibility index (Phi) is 3.41.